The predicted octanol–water partition coefficient (Wildman–Crippen LogP) is 1.08. The van der Waals surface area contributed by atoms with Gasteiger partial charge in [0, 0.05) is 25.8 Å². The first-order valence-corrected chi connectivity index (χ1v) is 6.64. The van der Waals surface area contributed by atoms with Crippen LogP contribution in [0.1, 0.15) is 19.2 Å². The van der Waals surface area contributed by atoms with Gasteiger partial charge in [-0.3, -0.25) is 0 Å². The third kappa shape index (κ3) is 4.07. The van der Waals surface area contributed by atoms with Crippen molar-refractivity contribution in [2.24, 2.45) is 0 Å². The number of methoxy groups -OCH3 is 1. The van der Waals surface area contributed by atoms with Crippen LogP contribution in [0, 0.1) is 0 Å². The molecule has 2 aromatic heterocycles. The first-order valence-electron chi connectivity index (χ1n) is 6.64. The summed E-state index contributed by atoms with van der Waals surface area (Å²) in [5, 5.41) is 7.32. The van der Waals surface area contributed by atoms with Crippen molar-refractivity contribution in [2.45, 2.75) is 25.8 Å². The summed E-state index contributed by atoms with van der Waals surface area (Å²) in [5.74, 6) is 1.05. The van der Waals surface area contributed by atoms with E-state index in [2.05, 4.69) is 32.3 Å². The average Bonchev–Trinajstić information content (AvgIpc) is 2.94. The van der Waals surface area contributed by atoms with Crippen molar-refractivity contribution in [3.63, 3.8) is 0 Å². The second-order valence-corrected chi connectivity index (χ2v) is 4.42. The standard InChI is InChI=1S/C13H19N5O2/c1-3-5-15-10(8-19-2)7-12-17-13(18-20-12)11-4-6-14-9-16-11/h4,6,9-10,15H,3,5,7-8H2,1-2H3. The Labute approximate surface area is 117 Å². The second-order valence-electron chi connectivity index (χ2n) is 4.42. The zero-order valence-corrected chi connectivity index (χ0v) is 11.7. The lowest BCUT2D eigenvalue weighted by Crippen LogP contribution is -2.35. The fourth-order valence-electron chi connectivity index (χ4n) is 1.82. The van der Waals surface area contributed by atoms with Crippen LogP contribution < -0.4 is 5.32 Å². The van der Waals surface area contributed by atoms with E-state index in [1.54, 1.807) is 19.4 Å². The van der Waals surface area contributed by atoms with Crippen LogP contribution in [0.15, 0.2) is 23.1 Å². The molecule has 20 heavy (non-hydrogen) atoms. The highest BCUT2D eigenvalue weighted by Crippen LogP contribution is 2.12. The maximum absolute atomic E-state index is 5.26. The van der Waals surface area contributed by atoms with Crippen LogP contribution >= 0.6 is 0 Å². The van der Waals surface area contributed by atoms with Crippen LogP contribution in [-0.2, 0) is 11.2 Å². The molecule has 0 saturated heterocycles. The highest BCUT2D eigenvalue weighted by Gasteiger charge is 2.15. The molecule has 2 heterocycles. The van der Waals surface area contributed by atoms with E-state index in [1.807, 2.05) is 0 Å². The number of hydrogen-bond donors (Lipinski definition) is 1. The number of nitrogens with one attached hydrogen (secondary N) is 1. The minimum Gasteiger partial charge on any atom is -0.383 e. The van der Waals surface area contributed by atoms with Gasteiger partial charge in [-0.2, -0.15) is 4.98 Å². The van der Waals surface area contributed by atoms with E-state index >= 15 is 0 Å². The van der Waals surface area contributed by atoms with Crippen molar-refractivity contribution in [3.05, 3.63) is 24.5 Å². The predicted molar refractivity (Wildman–Crippen MR) is 73.0 cm³/mol. The molecule has 1 N–H and O–H groups in total. The van der Waals surface area contributed by atoms with Crippen molar-refractivity contribution < 1.29 is 9.26 Å². The monoisotopic (exact) mass is 277 g/mol. The van der Waals surface area contributed by atoms with E-state index < -0.39 is 0 Å². The minimum absolute atomic E-state index is 0.165. The summed E-state index contributed by atoms with van der Waals surface area (Å²) in [6.07, 6.45) is 4.80. The zero-order chi connectivity index (χ0) is 14.2. The molecule has 1 atom stereocenters. The smallest absolute Gasteiger partial charge is 0.228 e. The summed E-state index contributed by atoms with van der Waals surface area (Å²) < 4.78 is 10.5. The first kappa shape index (κ1) is 14.5. The van der Waals surface area contributed by atoms with E-state index in [0.29, 0.717) is 30.4 Å². The van der Waals surface area contributed by atoms with Gasteiger partial charge >= 0.3 is 0 Å². The highest BCUT2D eigenvalue weighted by atomic mass is 16.5. The Morgan fingerprint density at radius 2 is 2.35 bits per heavy atom. The summed E-state index contributed by atoms with van der Waals surface area (Å²) in [5.41, 5.74) is 0.653. The van der Waals surface area contributed by atoms with Gasteiger partial charge in [0.05, 0.1) is 6.61 Å². The fourth-order valence-corrected chi connectivity index (χ4v) is 1.82. The molecule has 2 aromatic rings. The molecule has 0 aromatic carbocycles. The lowest BCUT2D eigenvalue weighted by molar-refractivity contribution is 0.161. The molecule has 2 rings (SSSR count). The van der Waals surface area contributed by atoms with Crippen molar-refractivity contribution in [1.29, 1.82) is 0 Å². The van der Waals surface area contributed by atoms with Crippen LogP contribution in [0.4, 0.5) is 0 Å². The summed E-state index contributed by atoms with van der Waals surface area (Å²) in [6, 6.07) is 1.91. The zero-order valence-electron chi connectivity index (χ0n) is 11.7. The molecule has 0 bridgehead atoms. The number of nitrogens with zero attached hydrogens (tertiary/aromatic N) is 4. The van der Waals surface area contributed by atoms with E-state index in [9.17, 15) is 0 Å². The van der Waals surface area contributed by atoms with Crippen LogP contribution in [0.25, 0.3) is 11.5 Å². The third-order valence-corrected chi connectivity index (χ3v) is 2.75. The van der Waals surface area contributed by atoms with Crippen molar-refractivity contribution >= 4 is 0 Å². The van der Waals surface area contributed by atoms with Crippen LogP contribution in [0.3, 0.4) is 0 Å². The SMILES string of the molecule is CCCNC(COC)Cc1nc(-c2ccncn2)no1. The Balaban J connectivity index is 2.00. The van der Waals surface area contributed by atoms with Crippen molar-refractivity contribution in [3.8, 4) is 11.5 Å². The van der Waals surface area contributed by atoms with Gasteiger partial charge in [-0.15, -0.1) is 0 Å². The Morgan fingerprint density at radius 3 is 3.05 bits per heavy atom. The molecule has 0 saturated carbocycles. The van der Waals surface area contributed by atoms with Gasteiger partial charge in [0.1, 0.15) is 12.0 Å². The molecular weight excluding hydrogens is 258 g/mol. The topological polar surface area (TPSA) is 86.0 Å². The highest BCUT2D eigenvalue weighted by molar-refractivity contribution is 5.46. The largest absolute Gasteiger partial charge is 0.383 e. The van der Waals surface area contributed by atoms with Crippen LogP contribution in [0.2, 0.25) is 0 Å². The molecule has 0 fully saturated rings. The quantitative estimate of drug-likeness (QED) is 0.772. The lowest BCUT2D eigenvalue weighted by Gasteiger charge is -2.15. The lowest BCUT2D eigenvalue weighted by atomic mass is 10.2. The Bertz CT molecular complexity index is 502. The molecule has 0 aliphatic carbocycles. The van der Waals surface area contributed by atoms with E-state index in [-0.39, 0.29) is 6.04 Å². The van der Waals surface area contributed by atoms with Gasteiger partial charge in [0.2, 0.25) is 11.7 Å². The maximum atomic E-state index is 5.26. The van der Waals surface area contributed by atoms with Crippen molar-refractivity contribution in [1.82, 2.24) is 25.4 Å². The van der Waals surface area contributed by atoms with Crippen LogP contribution in [0.5, 0.6) is 0 Å². The van der Waals surface area contributed by atoms with Gasteiger partial charge in [0.15, 0.2) is 0 Å². The van der Waals surface area contributed by atoms with E-state index in [0.717, 1.165) is 13.0 Å². The Morgan fingerprint density at radius 1 is 1.45 bits per heavy atom. The number of ether oxygens (including phenoxy) is 1. The molecule has 7 nitrogen and oxygen atoms in total. The molecule has 0 radical (unpaired) electrons. The average molecular weight is 277 g/mol. The normalized spacial score (nSPS) is 12.5. The minimum atomic E-state index is 0.165. The van der Waals surface area contributed by atoms with Crippen molar-refractivity contribution in [2.75, 3.05) is 20.3 Å². The number of aromatic nitrogens is 4. The molecule has 0 spiro atoms. The molecule has 0 aliphatic heterocycles. The fraction of sp³-hybridized carbons (Fsp3) is 0.538. The third-order valence-electron chi connectivity index (χ3n) is 2.75. The molecule has 7 heteroatoms. The molecule has 1 unspecified atom stereocenters. The first-order chi connectivity index (χ1) is 9.83. The molecule has 0 aliphatic rings. The van der Waals surface area contributed by atoms with Gasteiger partial charge in [-0.05, 0) is 19.0 Å². The van der Waals surface area contributed by atoms with Gasteiger partial charge < -0.3 is 14.6 Å². The van der Waals surface area contributed by atoms with E-state index in [1.165, 1.54) is 6.33 Å². The molecular formula is C13H19N5O2. The molecule has 0 amide bonds. The van der Waals surface area contributed by atoms with Gasteiger partial charge in [0.25, 0.3) is 0 Å². The second kappa shape index (κ2) is 7.66. The molecule has 108 valence electrons. The summed E-state index contributed by atoms with van der Waals surface area (Å²) in [7, 11) is 1.68. The van der Waals surface area contributed by atoms with Crippen LogP contribution in [-0.4, -0.2) is 46.4 Å². The number of hydrogen-bond acceptors (Lipinski definition) is 7. The van der Waals surface area contributed by atoms with E-state index in [4.69, 9.17) is 9.26 Å². The van der Waals surface area contributed by atoms with Gasteiger partial charge in [-0.25, -0.2) is 9.97 Å². The maximum Gasteiger partial charge on any atom is 0.228 e. The Hall–Kier alpha value is -1.86. The number of rotatable bonds is 8. The summed E-state index contributed by atoms with van der Waals surface area (Å²) >= 11 is 0. The van der Waals surface area contributed by atoms with Gasteiger partial charge in [-0.1, -0.05) is 12.1 Å². The summed E-state index contributed by atoms with van der Waals surface area (Å²) in [6.45, 7) is 3.66. The summed E-state index contributed by atoms with van der Waals surface area (Å²) in [4.78, 5) is 12.3. The Kier molecular flexibility index (Phi) is 5.57.